The van der Waals surface area contributed by atoms with E-state index in [0.29, 0.717) is 18.3 Å². The van der Waals surface area contributed by atoms with Gasteiger partial charge in [-0.15, -0.1) is 0 Å². The van der Waals surface area contributed by atoms with Crippen LogP contribution >= 0.6 is 0 Å². The molecule has 0 aliphatic heterocycles. The Hall–Kier alpha value is -1.82. The van der Waals surface area contributed by atoms with Crippen molar-refractivity contribution in [1.82, 2.24) is 4.57 Å². The fourth-order valence-electron chi connectivity index (χ4n) is 4.26. The third-order valence-corrected chi connectivity index (χ3v) is 5.97. The first kappa shape index (κ1) is 23.5. The Balaban J connectivity index is 0.00000300. The second kappa shape index (κ2) is 11.4. The highest BCUT2D eigenvalue weighted by Crippen LogP contribution is 2.38. The maximum atomic E-state index is 12.4. The number of ether oxygens (including phenoxy) is 1. The maximum Gasteiger partial charge on any atom is 0.310 e. The molecule has 160 valence electrons. The molecule has 0 saturated heterocycles. The van der Waals surface area contributed by atoms with Gasteiger partial charge in [0, 0.05) is 18.9 Å². The summed E-state index contributed by atoms with van der Waals surface area (Å²) < 4.78 is 9.71. The quantitative estimate of drug-likeness (QED) is 0.287. The van der Waals surface area contributed by atoms with Gasteiger partial charge in [0.25, 0.3) is 5.82 Å². The molecule has 1 fully saturated rings. The number of phenolic OH excluding ortho intramolecular Hbond substituents is 1. The molecule has 5 nitrogen and oxygen atoms in total. The third kappa shape index (κ3) is 6.33. The Morgan fingerprint density at radius 1 is 1.24 bits per heavy atom. The summed E-state index contributed by atoms with van der Waals surface area (Å²) in [5.74, 6) is 1.64. The number of phenols is 1. The van der Waals surface area contributed by atoms with Crippen molar-refractivity contribution < 1.29 is 36.2 Å². The number of esters is 1. The minimum Gasteiger partial charge on any atom is -1.00 e. The molecule has 1 saturated carbocycles. The molecule has 1 aliphatic carbocycles. The number of rotatable bonds is 7. The van der Waals surface area contributed by atoms with Crippen LogP contribution in [0.15, 0.2) is 30.6 Å². The van der Waals surface area contributed by atoms with Gasteiger partial charge in [-0.3, -0.25) is 4.79 Å². The first-order valence-corrected chi connectivity index (χ1v) is 10.5. The van der Waals surface area contributed by atoms with Crippen molar-refractivity contribution in [2.24, 2.45) is 7.05 Å². The van der Waals surface area contributed by atoms with Gasteiger partial charge in [0.15, 0.2) is 0 Å². The normalized spacial score (nSPS) is 14.8. The monoisotopic (exact) mass is 464 g/mol. The van der Waals surface area contributed by atoms with Gasteiger partial charge in [-0.1, -0.05) is 37.8 Å². The van der Waals surface area contributed by atoms with E-state index in [-0.39, 0.29) is 29.4 Å². The fraction of sp³-hybridized carbons (Fsp3) is 0.565. The summed E-state index contributed by atoms with van der Waals surface area (Å²) in [7, 11) is 2.02. The van der Waals surface area contributed by atoms with Gasteiger partial charge in [-0.2, -0.15) is 0 Å². The van der Waals surface area contributed by atoms with Crippen LogP contribution in [-0.2, 0) is 29.5 Å². The number of imidazole rings is 1. The number of carbonyl (C=O) groups is 1. The van der Waals surface area contributed by atoms with Crippen LogP contribution in [-0.4, -0.2) is 22.2 Å². The van der Waals surface area contributed by atoms with Crippen molar-refractivity contribution in [2.45, 2.75) is 70.8 Å². The van der Waals surface area contributed by atoms with Crippen LogP contribution in [0.1, 0.15) is 67.8 Å². The summed E-state index contributed by atoms with van der Waals surface area (Å²) in [6, 6.07) is 5.53. The predicted octanol–water partition coefficient (Wildman–Crippen LogP) is 0.944. The standard InChI is InChI=1S/C23H32N2O3.BrH/c1-18-24(2)14-15-25(18)13-8-16-28-22(27)17-20-11-7-12-21(26)23(20)19-9-5-3-4-6-10-19;/h7,11-12,14-15,19H,3-6,8-10,13,16-17H2,1-2H3;1H. The van der Waals surface area contributed by atoms with E-state index >= 15 is 0 Å². The van der Waals surface area contributed by atoms with Gasteiger partial charge in [-0.25, -0.2) is 9.13 Å². The van der Waals surface area contributed by atoms with Crippen LogP contribution in [0.2, 0.25) is 0 Å². The topological polar surface area (TPSA) is 55.3 Å². The third-order valence-electron chi connectivity index (χ3n) is 5.97. The molecular formula is C23H33BrN2O3. The number of aryl methyl sites for hydroxylation is 2. The zero-order valence-electron chi connectivity index (χ0n) is 17.6. The van der Waals surface area contributed by atoms with Gasteiger partial charge in [-0.05, 0) is 30.4 Å². The smallest absolute Gasteiger partial charge is 0.310 e. The van der Waals surface area contributed by atoms with Gasteiger partial charge in [0.1, 0.15) is 18.1 Å². The molecule has 0 bridgehead atoms. The molecule has 1 aromatic carbocycles. The van der Waals surface area contributed by atoms with Gasteiger partial charge < -0.3 is 26.8 Å². The molecule has 0 spiro atoms. The van der Waals surface area contributed by atoms with Crippen molar-refractivity contribution in [1.29, 1.82) is 0 Å². The predicted molar refractivity (Wildman–Crippen MR) is 108 cm³/mol. The number of benzene rings is 1. The lowest BCUT2D eigenvalue weighted by molar-refractivity contribution is -0.677. The molecule has 1 aliphatic rings. The van der Waals surface area contributed by atoms with E-state index in [4.69, 9.17) is 4.74 Å². The van der Waals surface area contributed by atoms with E-state index in [2.05, 4.69) is 16.1 Å². The highest BCUT2D eigenvalue weighted by molar-refractivity contribution is 5.73. The van der Waals surface area contributed by atoms with Gasteiger partial charge in [0.05, 0.1) is 26.6 Å². The summed E-state index contributed by atoms with van der Waals surface area (Å²) in [6.45, 7) is 3.32. The molecule has 2 aromatic rings. The first-order chi connectivity index (χ1) is 13.6. The molecule has 1 heterocycles. The van der Waals surface area contributed by atoms with E-state index in [0.717, 1.165) is 36.9 Å². The summed E-state index contributed by atoms with van der Waals surface area (Å²) in [6.07, 6.45) is 12.2. The Labute approximate surface area is 184 Å². The number of hydrogen-bond acceptors (Lipinski definition) is 3. The van der Waals surface area contributed by atoms with E-state index < -0.39 is 0 Å². The van der Waals surface area contributed by atoms with Crippen LogP contribution in [0.4, 0.5) is 0 Å². The second-order valence-corrected chi connectivity index (χ2v) is 7.94. The number of carbonyl (C=O) groups excluding carboxylic acids is 1. The van der Waals surface area contributed by atoms with E-state index in [1.807, 2.05) is 31.6 Å². The van der Waals surface area contributed by atoms with Crippen molar-refractivity contribution >= 4 is 5.97 Å². The molecule has 6 heteroatoms. The molecule has 0 radical (unpaired) electrons. The molecule has 29 heavy (non-hydrogen) atoms. The molecule has 0 atom stereocenters. The first-order valence-electron chi connectivity index (χ1n) is 10.5. The zero-order valence-corrected chi connectivity index (χ0v) is 19.2. The average Bonchev–Trinajstić information content (AvgIpc) is 2.87. The highest BCUT2D eigenvalue weighted by atomic mass is 79.9. The van der Waals surface area contributed by atoms with Crippen molar-refractivity contribution in [3.8, 4) is 5.75 Å². The van der Waals surface area contributed by atoms with Gasteiger partial charge >= 0.3 is 5.97 Å². The molecular weight excluding hydrogens is 432 g/mol. The number of aromatic nitrogens is 2. The van der Waals surface area contributed by atoms with Crippen LogP contribution in [0.5, 0.6) is 5.75 Å². The maximum absolute atomic E-state index is 12.4. The SMILES string of the molecule is Cc1n(CCCOC(=O)Cc2cccc(O)c2C2CCCCCC2)cc[n+]1C.[Br-]. The van der Waals surface area contributed by atoms with Crippen molar-refractivity contribution in [3.63, 3.8) is 0 Å². The summed E-state index contributed by atoms with van der Waals surface area (Å²) in [4.78, 5) is 12.4. The van der Waals surface area contributed by atoms with Crippen LogP contribution in [0.25, 0.3) is 0 Å². The Morgan fingerprint density at radius 3 is 2.62 bits per heavy atom. The van der Waals surface area contributed by atoms with Crippen LogP contribution in [0, 0.1) is 6.92 Å². The summed E-state index contributed by atoms with van der Waals surface area (Å²) in [5.41, 5.74) is 1.89. The summed E-state index contributed by atoms with van der Waals surface area (Å²) in [5, 5.41) is 10.5. The lowest BCUT2D eigenvalue weighted by Crippen LogP contribution is -3.00. The number of hydrogen-bond donors (Lipinski definition) is 1. The summed E-state index contributed by atoms with van der Waals surface area (Å²) >= 11 is 0. The Morgan fingerprint density at radius 2 is 1.97 bits per heavy atom. The number of aromatic hydroxyl groups is 1. The Kier molecular flexibility index (Phi) is 9.21. The number of nitrogens with zero attached hydrogens (tertiary/aromatic N) is 2. The Bertz CT molecular complexity index is 795. The lowest BCUT2D eigenvalue weighted by Gasteiger charge is -2.20. The lowest BCUT2D eigenvalue weighted by atomic mass is 9.86. The zero-order chi connectivity index (χ0) is 19.9. The van der Waals surface area contributed by atoms with E-state index in [9.17, 15) is 9.90 Å². The second-order valence-electron chi connectivity index (χ2n) is 7.94. The van der Waals surface area contributed by atoms with Crippen LogP contribution < -0.4 is 21.5 Å². The minimum absolute atomic E-state index is 0. The minimum atomic E-state index is -0.213. The van der Waals surface area contributed by atoms with Crippen molar-refractivity contribution in [3.05, 3.63) is 47.5 Å². The highest BCUT2D eigenvalue weighted by Gasteiger charge is 2.22. The van der Waals surface area contributed by atoms with E-state index in [1.165, 1.54) is 31.5 Å². The molecule has 0 unspecified atom stereocenters. The van der Waals surface area contributed by atoms with Crippen LogP contribution in [0.3, 0.4) is 0 Å². The molecule has 1 N–H and O–H groups in total. The van der Waals surface area contributed by atoms with Gasteiger partial charge in [0.2, 0.25) is 0 Å². The molecule has 1 aromatic heterocycles. The largest absolute Gasteiger partial charge is 1.00 e. The molecule has 3 rings (SSSR count). The average molecular weight is 465 g/mol. The fourth-order valence-corrected chi connectivity index (χ4v) is 4.26. The number of halogens is 1. The van der Waals surface area contributed by atoms with E-state index in [1.54, 1.807) is 6.07 Å². The van der Waals surface area contributed by atoms with Crippen molar-refractivity contribution in [2.75, 3.05) is 6.61 Å². The molecule has 0 amide bonds.